The Balaban J connectivity index is 2.41. The molecule has 124 valence electrons. The zero-order chi connectivity index (χ0) is 17.6. The number of rotatable bonds is 2. The number of nitrogens with zero attached hydrogens (tertiary/aromatic N) is 1. The summed E-state index contributed by atoms with van der Waals surface area (Å²) >= 11 is 23.1. The number of fused-ring (bicyclic) bond motifs is 1. The SMILES string of the molecule is COc1cc2[nH]c(=S)n(-c3cc(F)c(Cl)cc3Cl)c(=O)c2cc1Cl. The molecule has 0 spiro atoms. The van der Waals surface area contributed by atoms with Crippen molar-refractivity contribution < 1.29 is 9.13 Å². The van der Waals surface area contributed by atoms with Gasteiger partial charge in [0.25, 0.3) is 5.56 Å². The second-order valence-electron chi connectivity index (χ2n) is 4.82. The molecule has 4 nitrogen and oxygen atoms in total. The van der Waals surface area contributed by atoms with Crippen molar-refractivity contribution in [1.29, 1.82) is 0 Å². The Labute approximate surface area is 155 Å². The molecule has 1 aromatic heterocycles. The first kappa shape index (κ1) is 17.2. The van der Waals surface area contributed by atoms with Crippen LogP contribution in [0.3, 0.4) is 0 Å². The van der Waals surface area contributed by atoms with E-state index in [0.717, 1.165) is 10.6 Å². The molecule has 0 unspecified atom stereocenters. The molecule has 1 heterocycles. The Morgan fingerprint density at radius 2 is 1.83 bits per heavy atom. The normalized spacial score (nSPS) is 11.0. The van der Waals surface area contributed by atoms with E-state index in [-0.39, 0.29) is 30.9 Å². The minimum absolute atomic E-state index is 0.0421. The maximum atomic E-state index is 13.8. The maximum Gasteiger partial charge on any atom is 0.266 e. The lowest BCUT2D eigenvalue weighted by Gasteiger charge is -2.12. The zero-order valence-electron chi connectivity index (χ0n) is 12.0. The molecule has 0 aliphatic carbocycles. The molecule has 0 bridgehead atoms. The molecule has 0 atom stereocenters. The molecule has 0 radical (unpaired) electrons. The van der Waals surface area contributed by atoms with Crippen LogP contribution in [0, 0.1) is 10.6 Å². The van der Waals surface area contributed by atoms with Crippen molar-refractivity contribution in [3.63, 3.8) is 0 Å². The van der Waals surface area contributed by atoms with Gasteiger partial charge in [0, 0.05) is 12.1 Å². The van der Waals surface area contributed by atoms with Crippen LogP contribution in [0.4, 0.5) is 4.39 Å². The number of aromatic nitrogens is 2. The van der Waals surface area contributed by atoms with Gasteiger partial charge in [-0.2, -0.15) is 0 Å². The summed E-state index contributed by atoms with van der Waals surface area (Å²) in [5.41, 5.74) is 0.0219. The summed E-state index contributed by atoms with van der Waals surface area (Å²) < 4.78 is 20.0. The Kier molecular flexibility index (Phi) is 4.57. The fraction of sp³-hybridized carbons (Fsp3) is 0.0667. The molecule has 9 heteroatoms. The number of hydrogen-bond donors (Lipinski definition) is 1. The third-order valence-electron chi connectivity index (χ3n) is 3.40. The van der Waals surface area contributed by atoms with Crippen LogP contribution >= 0.6 is 47.0 Å². The molecule has 0 aliphatic rings. The van der Waals surface area contributed by atoms with Crippen molar-refractivity contribution in [2.45, 2.75) is 0 Å². The second-order valence-corrected chi connectivity index (χ2v) is 6.43. The Hall–Kier alpha value is -1.60. The minimum atomic E-state index is -0.717. The lowest BCUT2D eigenvalue weighted by atomic mass is 10.2. The monoisotopic (exact) mass is 404 g/mol. The van der Waals surface area contributed by atoms with Gasteiger partial charge in [0.15, 0.2) is 4.77 Å². The van der Waals surface area contributed by atoms with E-state index in [2.05, 4.69) is 4.98 Å². The van der Waals surface area contributed by atoms with Gasteiger partial charge in [0.1, 0.15) is 11.6 Å². The van der Waals surface area contributed by atoms with Crippen molar-refractivity contribution in [2.24, 2.45) is 0 Å². The molecule has 0 fully saturated rings. The van der Waals surface area contributed by atoms with Crippen LogP contribution < -0.4 is 10.3 Å². The van der Waals surface area contributed by atoms with Crippen LogP contribution in [0.1, 0.15) is 0 Å². The van der Waals surface area contributed by atoms with E-state index in [9.17, 15) is 9.18 Å². The molecular formula is C15H8Cl3FN2O2S. The molecule has 2 aromatic carbocycles. The molecule has 24 heavy (non-hydrogen) atoms. The Morgan fingerprint density at radius 1 is 1.12 bits per heavy atom. The van der Waals surface area contributed by atoms with Gasteiger partial charge in [-0.3, -0.25) is 9.36 Å². The average Bonchev–Trinajstić information content (AvgIpc) is 2.52. The number of halogens is 4. The summed E-state index contributed by atoms with van der Waals surface area (Å²) in [4.78, 5) is 15.7. The van der Waals surface area contributed by atoms with Crippen molar-refractivity contribution in [2.75, 3.05) is 7.11 Å². The fourth-order valence-corrected chi connectivity index (χ4v) is 3.28. The Bertz CT molecular complexity index is 1090. The number of benzene rings is 2. The van der Waals surface area contributed by atoms with Gasteiger partial charge in [0.2, 0.25) is 0 Å². The summed E-state index contributed by atoms with van der Waals surface area (Å²) in [7, 11) is 1.46. The van der Waals surface area contributed by atoms with E-state index in [0.29, 0.717) is 11.3 Å². The third-order valence-corrected chi connectivity index (χ3v) is 4.57. The summed E-state index contributed by atoms with van der Waals surface area (Å²) in [6, 6.07) is 5.26. The first-order valence-electron chi connectivity index (χ1n) is 6.51. The molecule has 3 rings (SSSR count). The van der Waals surface area contributed by atoms with Crippen LogP contribution in [0.15, 0.2) is 29.1 Å². The molecule has 3 aromatic rings. The molecule has 0 aliphatic heterocycles. The quantitative estimate of drug-likeness (QED) is 0.473. The number of ether oxygens (including phenoxy) is 1. The summed E-state index contributed by atoms with van der Waals surface area (Å²) in [5.74, 6) is -0.326. The molecule has 1 N–H and O–H groups in total. The van der Waals surface area contributed by atoms with Gasteiger partial charge in [0.05, 0.1) is 38.8 Å². The highest BCUT2D eigenvalue weighted by Crippen LogP contribution is 2.29. The standard InChI is InChI=1S/C15H8Cl3FN2O2S/c1-23-13-5-11-6(2-9(13)18)14(22)21(15(24)20-11)12-4-10(19)7(16)3-8(12)17/h2-5H,1H3,(H,20,24). The summed E-state index contributed by atoms with van der Waals surface area (Å²) in [6.45, 7) is 0. The molecule has 0 saturated heterocycles. The molecule has 0 amide bonds. The van der Waals surface area contributed by atoms with Crippen molar-refractivity contribution in [3.8, 4) is 11.4 Å². The van der Waals surface area contributed by atoms with Gasteiger partial charge in [-0.1, -0.05) is 34.8 Å². The van der Waals surface area contributed by atoms with Gasteiger partial charge >= 0.3 is 0 Å². The number of aromatic amines is 1. The predicted molar refractivity (Wildman–Crippen MR) is 96.3 cm³/mol. The van der Waals surface area contributed by atoms with E-state index < -0.39 is 11.4 Å². The third kappa shape index (κ3) is 2.80. The summed E-state index contributed by atoms with van der Waals surface area (Å²) in [6.07, 6.45) is 0. The van der Waals surface area contributed by atoms with Crippen molar-refractivity contribution >= 4 is 57.9 Å². The van der Waals surface area contributed by atoms with Crippen LogP contribution in [-0.2, 0) is 0 Å². The first-order valence-corrected chi connectivity index (χ1v) is 8.05. The highest BCUT2D eigenvalue weighted by atomic mass is 35.5. The largest absolute Gasteiger partial charge is 0.495 e. The van der Waals surface area contributed by atoms with Gasteiger partial charge in [-0.05, 0) is 24.4 Å². The first-order chi connectivity index (χ1) is 11.3. The smallest absolute Gasteiger partial charge is 0.266 e. The van der Waals surface area contributed by atoms with E-state index in [1.165, 1.54) is 19.2 Å². The zero-order valence-corrected chi connectivity index (χ0v) is 15.1. The topological polar surface area (TPSA) is 47.0 Å². The van der Waals surface area contributed by atoms with Gasteiger partial charge in [-0.25, -0.2) is 4.39 Å². The fourth-order valence-electron chi connectivity index (χ4n) is 2.28. The lowest BCUT2D eigenvalue weighted by molar-refractivity contribution is 0.415. The van der Waals surface area contributed by atoms with E-state index >= 15 is 0 Å². The highest BCUT2D eigenvalue weighted by Gasteiger charge is 2.15. The van der Waals surface area contributed by atoms with E-state index in [4.69, 9.17) is 51.8 Å². The van der Waals surface area contributed by atoms with Crippen LogP contribution in [-0.4, -0.2) is 16.7 Å². The Morgan fingerprint density at radius 3 is 2.50 bits per heavy atom. The number of nitrogens with one attached hydrogen (secondary N) is 1. The van der Waals surface area contributed by atoms with Gasteiger partial charge < -0.3 is 9.72 Å². The van der Waals surface area contributed by atoms with Crippen molar-refractivity contribution in [3.05, 3.63) is 60.3 Å². The number of methoxy groups -OCH3 is 1. The summed E-state index contributed by atoms with van der Waals surface area (Å²) in [5, 5.41) is 0.440. The van der Waals surface area contributed by atoms with Crippen LogP contribution in [0.25, 0.3) is 16.6 Å². The highest BCUT2D eigenvalue weighted by molar-refractivity contribution is 7.71. The van der Waals surface area contributed by atoms with E-state index in [1.807, 2.05) is 0 Å². The second kappa shape index (κ2) is 6.37. The minimum Gasteiger partial charge on any atom is -0.495 e. The van der Waals surface area contributed by atoms with E-state index in [1.54, 1.807) is 6.07 Å². The maximum absolute atomic E-state index is 13.8. The number of H-pyrrole nitrogens is 1. The van der Waals surface area contributed by atoms with Crippen molar-refractivity contribution in [1.82, 2.24) is 9.55 Å². The van der Waals surface area contributed by atoms with Gasteiger partial charge in [-0.15, -0.1) is 0 Å². The molecular weight excluding hydrogens is 398 g/mol. The predicted octanol–water partition coefficient (Wildman–Crippen LogP) is 5.16. The average molecular weight is 406 g/mol. The lowest BCUT2D eigenvalue weighted by Crippen LogP contribution is -2.21. The van der Waals surface area contributed by atoms with Crippen LogP contribution in [0.5, 0.6) is 5.75 Å². The van der Waals surface area contributed by atoms with Crippen LogP contribution in [0.2, 0.25) is 15.1 Å². The molecule has 0 saturated carbocycles. The number of hydrogen-bond acceptors (Lipinski definition) is 3.